The molecule has 1 heterocycles. The predicted octanol–water partition coefficient (Wildman–Crippen LogP) is 2.27. The van der Waals surface area contributed by atoms with Gasteiger partial charge in [0.2, 0.25) is 0 Å². The number of aliphatic hydroxyl groups excluding tert-OH is 1. The average Bonchev–Trinajstić information content (AvgIpc) is 3.07. The van der Waals surface area contributed by atoms with E-state index in [1.807, 2.05) is 33.3 Å². The Kier molecular flexibility index (Phi) is 11.4. The summed E-state index contributed by atoms with van der Waals surface area (Å²) >= 11 is 0. The van der Waals surface area contributed by atoms with E-state index in [9.17, 15) is 14.6 Å². The van der Waals surface area contributed by atoms with Crippen LogP contribution in [0.1, 0.15) is 25.7 Å². The monoisotopic (exact) mass is 407 g/mol. The van der Waals surface area contributed by atoms with Gasteiger partial charge in [-0.05, 0) is 25.0 Å². The van der Waals surface area contributed by atoms with Crippen LogP contribution >= 0.6 is 7.82 Å². The zero-order valence-electron chi connectivity index (χ0n) is 16.8. The van der Waals surface area contributed by atoms with Gasteiger partial charge in [0.25, 0.3) is 0 Å². The van der Waals surface area contributed by atoms with Crippen LogP contribution < -0.4 is 0 Å². The smallest absolute Gasteiger partial charge is 0.388 e. The summed E-state index contributed by atoms with van der Waals surface area (Å²) in [6.45, 7) is 2.04. The summed E-state index contributed by atoms with van der Waals surface area (Å²) in [4.78, 5) is 9.57. The molecular weight excluding hydrogens is 371 g/mol. The molecule has 8 nitrogen and oxygen atoms in total. The molecule has 0 aromatic carbocycles. The minimum atomic E-state index is -4.14. The third-order valence-corrected chi connectivity index (χ3v) is 4.86. The zero-order chi connectivity index (χ0) is 20.2. The second-order valence-corrected chi connectivity index (χ2v) is 9.13. The first-order valence-electron chi connectivity index (χ1n) is 9.47. The van der Waals surface area contributed by atoms with Crippen LogP contribution in [0.4, 0.5) is 0 Å². The van der Waals surface area contributed by atoms with Gasteiger partial charge in [-0.2, -0.15) is 0 Å². The van der Waals surface area contributed by atoms with E-state index in [0.717, 1.165) is 32.2 Å². The van der Waals surface area contributed by atoms with Gasteiger partial charge in [0.1, 0.15) is 19.3 Å². The standard InChI is InChI=1S/C18H35N2O6P/c1-20(2,3)13-15-25-27(22,23)26-17-18(21)16-24-14-9-5-4-6-10-19-11-7-8-12-19/h7-8,11-12,18,21H,4-6,9-10,13-17H2,1-3H3/p+1/t18-/m1/s1. The number of aryl methyl sites for hydroxylation is 1. The summed E-state index contributed by atoms with van der Waals surface area (Å²) in [7, 11) is 1.72. The summed E-state index contributed by atoms with van der Waals surface area (Å²) in [6.07, 6.45) is 7.42. The predicted molar refractivity (Wildman–Crippen MR) is 104 cm³/mol. The summed E-state index contributed by atoms with van der Waals surface area (Å²) in [5.74, 6) is 0. The second-order valence-electron chi connectivity index (χ2n) is 7.68. The molecule has 0 radical (unpaired) electrons. The number of likely N-dealkylation sites (N-methyl/N-ethyl adjacent to an activating group) is 1. The Morgan fingerprint density at radius 3 is 2.33 bits per heavy atom. The summed E-state index contributed by atoms with van der Waals surface area (Å²) < 4.78 is 29.6. The highest BCUT2D eigenvalue weighted by Gasteiger charge is 2.24. The van der Waals surface area contributed by atoms with Crippen LogP contribution in [-0.2, 0) is 24.9 Å². The highest BCUT2D eigenvalue weighted by atomic mass is 31.2. The molecular formula is C18H36N2O6P+. The van der Waals surface area contributed by atoms with E-state index in [1.165, 1.54) is 0 Å². The fourth-order valence-corrected chi connectivity index (χ4v) is 3.03. The van der Waals surface area contributed by atoms with E-state index in [2.05, 4.69) is 17.0 Å². The Hall–Kier alpha value is -0.730. The molecule has 9 heteroatoms. The molecule has 1 rings (SSSR count). The van der Waals surface area contributed by atoms with Crippen molar-refractivity contribution >= 4 is 7.82 Å². The van der Waals surface area contributed by atoms with Crippen molar-refractivity contribution in [1.29, 1.82) is 0 Å². The summed E-state index contributed by atoms with van der Waals surface area (Å²) in [5.41, 5.74) is 0. The molecule has 1 aromatic rings. The largest absolute Gasteiger partial charge is 0.472 e. The lowest BCUT2D eigenvalue weighted by atomic mass is 10.2. The Morgan fingerprint density at radius 1 is 1.00 bits per heavy atom. The number of hydrogen-bond acceptors (Lipinski definition) is 5. The van der Waals surface area contributed by atoms with Crippen LogP contribution in [0.3, 0.4) is 0 Å². The lowest BCUT2D eigenvalue weighted by Gasteiger charge is -2.24. The van der Waals surface area contributed by atoms with Crippen LogP contribution in [0.5, 0.6) is 0 Å². The van der Waals surface area contributed by atoms with E-state index in [1.54, 1.807) is 0 Å². The van der Waals surface area contributed by atoms with E-state index >= 15 is 0 Å². The Morgan fingerprint density at radius 2 is 1.67 bits per heavy atom. The van der Waals surface area contributed by atoms with Gasteiger partial charge in [0, 0.05) is 25.5 Å². The topological polar surface area (TPSA) is 90.2 Å². The number of unbranched alkanes of at least 4 members (excludes halogenated alkanes) is 3. The molecule has 2 atom stereocenters. The Balaban J connectivity index is 1.96. The summed E-state index contributed by atoms with van der Waals surface area (Å²) in [6, 6.07) is 4.05. The van der Waals surface area contributed by atoms with Crippen molar-refractivity contribution in [2.24, 2.45) is 0 Å². The first-order valence-corrected chi connectivity index (χ1v) is 11.0. The molecule has 2 N–H and O–H groups in total. The van der Waals surface area contributed by atoms with Crippen LogP contribution in [0.15, 0.2) is 24.5 Å². The lowest BCUT2D eigenvalue weighted by molar-refractivity contribution is -0.870. The number of phosphoric acid groups is 1. The van der Waals surface area contributed by atoms with Crippen molar-refractivity contribution in [3.05, 3.63) is 24.5 Å². The summed E-state index contributed by atoms with van der Waals surface area (Å²) in [5, 5.41) is 9.77. The maximum absolute atomic E-state index is 11.7. The minimum absolute atomic E-state index is 0.0717. The molecule has 0 aliphatic heterocycles. The molecule has 0 saturated heterocycles. The molecule has 1 unspecified atom stereocenters. The van der Waals surface area contributed by atoms with Crippen LogP contribution in [0.2, 0.25) is 0 Å². The van der Waals surface area contributed by atoms with Crippen molar-refractivity contribution in [3.8, 4) is 0 Å². The van der Waals surface area contributed by atoms with Crippen LogP contribution in [0, 0.1) is 0 Å². The maximum atomic E-state index is 11.7. The second kappa shape index (κ2) is 12.7. The van der Waals surface area contributed by atoms with Gasteiger partial charge in [0.15, 0.2) is 0 Å². The number of quaternary nitrogens is 1. The van der Waals surface area contributed by atoms with Crippen molar-refractivity contribution in [1.82, 2.24) is 4.57 Å². The first-order chi connectivity index (χ1) is 12.7. The molecule has 27 heavy (non-hydrogen) atoms. The molecule has 0 aliphatic rings. The number of aliphatic hydroxyl groups is 1. The highest BCUT2D eigenvalue weighted by molar-refractivity contribution is 7.47. The molecule has 0 aliphatic carbocycles. The zero-order valence-corrected chi connectivity index (χ0v) is 17.7. The van der Waals surface area contributed by atoms with Crippen molar-refractivity contribution in [2.45, 2.75) is 38.3 Å². The van der Waals surface area contributed by atoms with Gasteiger partial charge >= 0.3 is 7.82 Å². The fourth-order valence-electron chi connectivity index (χ4n) is 2.29. The molecule has 0 spiro atoms. The number of ether oxygens (including phenoxy) is 1. The molecule has 0 amide bonds. The Bertz CT molecular complexity index is 532. The quantitative estimate of drug-likeness (QED) is 0.248. The van der Waals surface area contributed by atoms with Crippen LogP contribution in [-0.4, -0.2) is 79.3 Å². The number of nitrogens with zero attached hydrogens (tertiary/aromatic N) is 2. The number of rotatable bonds is 16. The van der Waals surface area contributed by atoms with E-state index < -0.39 is 13.9 Å². The van der Waals surface area contributed by atoms with Gasteiger partial charge in [0.05, 0.1) is 34.4 Å². The lowest BCUT2D eigenvalue weighted by Crippen LogP contribution is -2.37. The van der Waals surface area contributed by atoms with E-state index in [0.29, 0.717) is 17.6 Å². The van der Waals surface area contributed by atoms with Gasteiger partial charge in [-0.1, -0.05) is 12.8 Å². The maximum Gasteiger partial charge on any atom is 0.472 e. The van der Waals surface area contributed by atoms with Gasteiger partial charge in [-0.25, -0.2) is 4.57 Å². The fraction of sp³-hybridized carbons (Fsp3) is 0.778. The van der Waals surface area contributed by atoms with Crippen molar-refractivity contribution < 1.29 is 32.8 Å². The minimum Gasteiger partial charge on any atom is -0.388 e. The molecule has 158 valence electrons. The third kappa shape index (κ3) is 14.0. The molecule has 0 saturated carbocycles. The number of aromatic nitrogens is 1. The van der Waals surface area contributed by atoms with E-state index in [4.69, 9.17) is 13.8 Å². The highest BCUT2D eigenvalue weighted by Crippen LogP contribution is 2.43. The average molecular weight is 407 g/mol. The Labute approximate surface area is 162 Å². The molecule has 0 fully saturated rings. The number of hydrogen-bond donors (Lipinski definition) is 2. The van der Waals surface area contributed by atoms with Crippen LogP contribution in [0.25, 0.3) is 0 Å². The van der Waals surface area contributed by atoms with Crippen molar-refractivity contribution in [3.63, 3.8) is 0 Å². The number of phosphoric ester groups is 1. The van der Waals surface area contributed by atoms with Crippen molar-refractivity contribution in [2.75, 3.05) is 54.1 Å². The van der Waals surface area contributed by atoms with E-state index in [-0.39, 0.29) is 19.8 Å². The normalized spacial score (nSPS) is 15.6. The molecule has 1 aromatic heterocycles. The van der Waals surface area contributed by atoms with Gasteiger partial charge in [-0.15, -0.1) is 0 Å². The third-order valence-electron chi connectivity index (χ3n) is 3.88. The van der Waals surface area contributed by atoms with Gasteiger partial charge < -0.3 is 23.8 Å². The van der Waals surface area contributed by atoms with Gasteiger partial charge in [-0.3, -0.25) is 9.05 Å². The first kappa shape index (κ1) is 24.3. The SMILES string of the molecule is C[N+](C)(C)CCOP(=O)(O)OC[C@H](O)COCCCCCCn1cccc1. The molecule has 0 bridgehead atoms.